The van der Waals surface area contributed by atoms with E-state index in [0.717, 1.165) is 12.3 Å². The van der Waals surface area contributed by atoms with Crippen molar-refractivity contribution in [3.63, 3.8) is 0 Å². The molecule has 0 nitrogen and oxygen atoms in total. The molecule has 1 aliphatic carbocycles. The van der Waals surface area contributed by atoms with Gasteiger partial charge in [-0.15, -0.1) is 0 Å². The van der Waals surface area contributed by atoms with E-state index in [1.54, 1.807) is 0 Å². The molecule has 1 aromatic carbocycles. The zero-order valence-electron chi connectivity index (χ0n) is 8.83. The first kappa shape index (κ1) is 10.2. The van der Waals surface area contributed by atoms with E-state index in [9.17, 15) is 0 Å². The number of hydrogen-bond donors (Lipinski definition) is 0. The summed E-state index contributed by atoms with van der Waals surface area (Å²) in [5, 5.41) is 0. The quantitative estimate of drug-likeness (QED) is 0.713. The van der Waals surface area contributed by atoms with Crippen LogP contribution in [0.3, 0.4) is 0 Å². The van der Waals surface area contributed by atoms with Gasteiger partial charge in [0, 0.05) is 4.83 Å². The highest BCUT2D eigenvalue weighted by molar-refractivity contribution is 9.09. The first-order chi connectivity index (χ1) is 6.59. The summed E-state index contributed by atoms with van der Waals surface area (Å²) in [5.74, 6) is 0.864. The molecular weight excluding hydrogens is 236 g/mol. The van der Waals surface area contributed by atoms with E-state index in [1.807, 2.05) is 0 Å². The van der Waals surface area contributed by atoms with Crippen molar-refractivity contribution in [1.29, 1.82) is 0 Å². The van der Waals surface area contributed by atoms with E-state index in [4.69, 9.17) is 0 Å². The van der Waals surface area contributed by atoms with Crippen molar-refractivity contribution in [3.8, 4) is 0 Å². The average Bonchev–Trinajstić information content (AvgIpc) is 2.77. The molecule has 1 heteroatoms. The van der Waals surface area contributed by atoms with Crippen LogP contribution in [0.2, 0.25) is 0 Å². The number of halogens is 1. The van der Waals surface area contributed by atoms with Crippen molar-refractivity contribution in [1.82, 2.24) is 0 Å². The summed E-state index contributed by atoms with van der Waals surface area (Å²) in [4.78, 5) is 0.653. The first-order valence-electron chi connectivity index (χ1n) is 5.27. The number of alkyl halides is 1. The van der Waals surface area contributed by atoms with Gasteiger partial charge in [-0.25, -0.2) is 0 Å². The third kappa shape index (κ3) is 2.20. The molecule has 0 aliphatic heterocycles. The van der Waals surface area contributed by atoms with Gasteiger partial charge in [-0.3, -0.25) is 0 Å². The Hall–Kier alpha value is -0.300. The summed E-state index contributed by atoms with van der Waals surface area (Å²) in [6.45, 7) is 4.72. The molecule has 0 spiro atoms. The summed E-state index contributed by atoms with van der Waals surface area (Å²) in [5.41, 5.74) is 2.01. The lowest BCUT2D eigenvalue weighted by atomic mass is 10.0. The normalized spacial score (nSPS) is 25.8. The van der Waals surface area contributed by atoms with Crippen LogP contribution in [0.4, 0.5) is 0 Å². The fraction of sp³-hybridized carbons (Fsp3) is 0.538. The minimum absolute atomic E-state index is 0.572. The molecule has 1 fully saturated rings. The lowest BCUT2D eigenvalue weighted by Gasteiger charge is -2.11. The Labute approximate surface area is 94.8 Å². The van der Waals surface area contributed by atoms with Crippen molar-refractivity contribution < 1.29 is 0 Å². The van der Waals surface area contributed by atoms with Crippen LogP contribution in [0.15, 0.2) is 30.3 Å². The molecule has 0 bridgehead atoms. The molecule has 0 saturated heterocycles. The van der Waals surface area contributed by atoms with Gasteiger partial charge in [-0.2, -0.15) is 0 Å². The van der Waals surface area contributed by atoms with Crippen molar-refractivity contribution >= 4 is 15.9 Å². The molecule has 0 N–H and O–H groups in total. The third-order valence-corrected chi connectivity index (χ3v) is 4.26. The maximum Gasteiger partial charge on any atom is 0.0219 e. The third-order valence-electron chi connectivity index (χ3n) is 3.30. The summed E-state index contributed by atoms with van der Waals surface area (Å²) < 4.78 is 0. The van der Waals surface area contributed by atoms with E-state index in [2.05, 4.69) is 60.1 Å². The topological polar surface area (TPSA) is 0 Å². The van der Waals surface area contributed by atoms with Gasteiger partial charge in [0.15, 0.2) is 0 Å². The van der Waals surface area contributed by atoms with E-state index in [-0.39, 0.29) is 0 Å². The Morgan fingerprint density at radius 2 is 1.93 bits per heavy atom. The smallest absolute Gasteiger partial charge is 0.0219 e. The molecule has 0 aromatic heterocycles. The molecule has 2 rings (SSSR count). The summed E-state index contributed by atoms with van der Waals surface area (Å²) in [7, 11) is 0. The average molecular weight is 253 g/mol. The van der Waals surface area contributed by atoms with Crippen LogP contribution in [0, 0.1) is 11.3 Å². The molecule has 1 saturated carbocycles. The van der Waals surface area contributed by atoms with E-state index >= 15 is 0 Å². The summed E-state index contributed by atoms with van der Waals surface area (Å²) >= 11 is 3.82. The SMILES string of the molecule is CC1(C)CC1C(Br)Cc1ccccc1. The lowest BCUT2D eigenvalue weighted by molar-refractivity contribution is 0.546. The Balaban J connectivity index is 1.93. The largest absolute Gasteiger partial charge is 0.0884 e. The Bertz CT molecular complexity index is 302. The lowest BCUT2D eigenvalue weighted by Crippen LogP contribution is -2.09. The summed E-state index contributed by atoms with van der Waals surface area (Å²) in [6, 6.07) is 10.7. The molecule has 1 aliphatic rings. The van der Waals surface area contributed by atoms with Crippen LogP contribution < -0.4 is 0 Å². The van der Waals surface area contributed by atoms with Gasteiger partial charge in [0.05, 0.1) is 0 Å². The number of benzene rings is 1. The van der Waals surface area contributed by atoms with Gasteiger partial charge < -0.3 is 0 Å². The number of rotatable bonds is 3. The highest BCUT2D eigenvalue weighted by Gasteiger charge is 2.48. The van der Waals surface area contributed by atoms with Crippen LogP contribution in [-0.2, 0) is 6.42 Å². The van der Waals surface area contributed by atoms with Gasteiger partial charge in [0.25, 0.3) is 0 Å². The molecule has 2 atom stereocenters. The molecule has 0 heterocycles. The highest BCUT2D eigenvalue weighted by atomic mass is 79.9. The van der Waals surface area contributed by atoms with Crippen molar-refractivity contribution in [2.24, 2.45) is 11.3 Å². The Morgan fingerprint density at radius 1 is 1.36 bits per heavy atom. The standard InChI is InChI=1S/C13H17Br/c1-13(2)9-11(13)12(14)8-10-6-4-3-5-7-10/h3-7,11-12H,8-9H2,1-2H3. The number of hydrogen-bond acceptors (Lipinski definition) is 0. The fourth-order valence-electron chi connectivity index (χ4n) is 2.11. The molecule has 1 aromatic rings. The Morgan fingerprint density at radius 3 is 2.43 bits per heavy atom. The Kier molecular flexibility index (Phi) is 2.70. The second-order valence-electron chi connectivity index (χ2n) is 5.00. The van der Waals surface area contributed by atoms with E-state index in [1.165, 1.54) is 12.0 Å². The zero-order valence-corrected chi connectivity index (χ0v) is 10.4. The predicted octanol–water partition coefficient (Wildman–Crippen LogP) is 4.04. The van der Waals surface area contributed by atoms with Gasteiger partial charge in [0.2, 0.25) is 0 Å². The highest BCUT2D eigenvalue weighted by Crippen LogP contribution is 2.55. The zero-order chi connectivity index (χ0) is 10.2. The fourth-order valence-corrected chi connectivity index (χ4v) is 3.38. The van der Waals surface area contributed by atoms with Crippen LogP contribution in [-0.4, -0.2) is 4.83 Å². The van der Waals surface area contributed by atoms with E-state index in [0.29, 0.717) is 10.2 Å². The van der Waals surface area contributed by atoms with Crippen LogP contribution >= 0.6 is 15.9 Å². The van der Waals surface area contributed by atoms with Gasteiger partial charge in [0.1, 0.15) is 0 Å². The minimum atomic E-state index is 0.572. The van der Waals surface area contributed by atoms with Crippen molar-refractivity contribution in [3.05, 3.63) is 35.9 Å². The van der Waals surface area contributed by atoms with Crippen molar-refractivity contribution in [2.45, 2.75) is 31.5 Å². The summed E-state index contributed by atoms with van der Waals surface area (Å²) in [6.07, 6.45) is 2.53. The monoisotopic (exact) mass is 252 g/mol. The molecular formula is C13H17Br. The first-order valence-corrected chi connectivity index (χ1v) is 6.19. The van der Waals surface area contributed by atoms with Crippen LogP contribution in [0.5, 0.6) is 0 Å². The molecule has 14 heavy (non-hydrogen) atoms. The van der Waals surface area contributed by atoms with Gasteiger partial charge in [-0.1, -0.05) is 60.1 Å². The molecule has 0 radical (unpaired) electrons. The molecule has 2 unspecified atom stereocenters. The second kappa shape index (κ2) is 3.69. The van der Waals surface area contributed by atoms with Crippen molar-refractivity contribution in [2.75, 3.05) is 0 Å². The van der Waals surface area contributed by atoms with Crippen LogP contribution in [0.25, 0.3) is 0 Å². The predicted molar refractivity (Wildman–Crippen MR) is 64.7 cm³/mol. The molecule has 0 amide bonds. The van der Waals surface area contributed by atoms with Gasteiger partial charge >= 0.3 is 0 Å². The van der Waals surface area contributed by atoms with Gasteiger partial charge in [-0.05, 0) is 29.7 Å². The maximum absolute atomic E-state index is 3.82. The minimum Gasteiger partial charge on any atom is -0.0884 e. The van der Waals surface area contributed by atoms with E-state index < -0.39 is 0 Å². The maximum atomic E-state index is 3.82. The second-order valence-corrected chi connectivity index (χ2v) is 6.18. The molecule has 76 valence electrons. The van der Waals surface area contributed by atoms with Crippen LogP contribution in [0.1, 0.15) is 25.8 Å².